The number of anilines is 1. The van der Waals surface area contributed by atoms with Crippen LogP contribution in [0.4, 0.5) is 29.7 Å². The Morgan fingerprint density at radius 2 is 0.830 bits per heavy atom. The number of hydrogen-bond acceptors (Lipinski definition) is 14. The fourth-order valence-corrected chi connectivity index (χ4v) is 14.6. The lowest BCUT2D eigenvalue weighted by Crippen LogP contribution is -2.48. The van der Waals surface area contributed by atoms with Crippen LogP contribution in [0.25, 0.3) is 33.4 Å². The average molecular weight is 1440 g/mol. The maximum atomic E-state index is 14.2. The van der Waals surface area contributed by atoms with Gasteiger partial charge in [-0.1, -0.05) is 178 Å². The summed E-state index contributed by atoms with van der Waals surface area (Å²) in [6, 6.07) is 53.8. The highest BCUT2D eigenvalue weighted by atomic mass is 16.6. The van der Waals surface area contributed by atoms with Gasteiger partial charge in [-0.2, -0.15) is 0 Å². The summed E-state index contributed by atoms with van der Waals surface area (Å²) in [6.45, 7) is 7.75. The molecule has 0 aromatic heterocycles. The van der Waals surface area contributed by atoms with Crippen LogP contribution in [-0.2, 0) is 44.7 Å². The normalized spacial score (nSPS) is 13.3. The van der Waals surface area contributed by atoms with E-state index in [1.54, 1.807) is 47.9 Å². The van der Waals surface area contributed by atoms with Gasteiger partial charge in [0.25, 0.3) is 0 Å². The van der Waals surface area contributed by atoms with Crippen molar-refractivity contribution in [1.29, 1.82) is 0 Å². The number of unbranched alkanes of at least 4 members (excludes halogenated alkanes) is 2. The van der Waals surface area contributed by atoms with Crippen LogP contribution in [0.15, 0.2) is 170 Å². The molecule has 0 saturated heterocycles. The maximum absolute atomic E-state index is 14.2. The van der Waals surface area contributed by atoms with E-state index < -0.39 is 60.1 Å². The van der Waals surface area contributed by atoms with E-state index in [0.717, 1.165) is 66.8 Å². The van der Waals surface area contributed by atoms with Crippen LogP contribution in [0, 0.1) is 17.8 Å². The third-order valence-electron chi connectivity index (χ3n) is 20.0. The minimum absolute atomic E-state index is 0.0494. The number of benzene rings is 7. The molecule has 0 heterocycles. The molecule has 8 amide bonds. The number of nitrogens with two attached hydrogens (primary N) is 2. The number of Topliss-reactive ketones (excluding diaryl/α,β-unsaturated/α-hetero) is 2. The first kappa shape index (κ1) is 77.7. The number of primary amides is 1. The zero-order valence-electron chi connectivity index (χ0n) is 60.8. The van der Waals surface area contributed by atoms with Crippen molar-refractivity contribution in [2.75, 3.05) is 77.5 Å². The van der Waals surface area contributed by atoms with Crippen molar-refractivity contribution < 1.29 is 62.1 Å². The van der Waals surface area contributed by atoms with E-state index in [1.165, 1.54) is 6.92 Å². The Labute approximate surface area is 620 Å². The quantitative estimate of drug-likeness (QED) is 0.0139. The minimum Gasteiger partial charge on any atom is -0.449 e. The molecular formula is C84H99N9O13. The van der Waals surface area contributed by atoms with Gasteiger partial charge in [-0.15, -0.1) is 0 Å². The first-order valence-corrected chi connectivity index (χ1v) is 37.1. The van der Waals surface area contributed by atoms with Crippen molar-refractivity contribution in [3.05, 3.63) is 209 Å². The summed E-state index contributed by atoms with van der Waals surface area (Å²) >= 11 is 0. The summed E-state index contributed by atoms with van der Waals surface area (Å²) in [5, 5.41) is 13.9. The summed E-state index contributed by atoms with van der Waals surface area (Å²) in [6.07, 6.45) is 1.42. The molecule has 7 aromatic carbocycles. The molecule has 0 bridgehead atoms. The summed E-state index contributed by atoms with van der Waals surface area (Å²) in [4.78, 5) is 124. The number of nitrogens with zero attached hydrogens (tertiary/aromatic N) is 2. The maximum Gasteiger partial charge on any atom is 0.409 e. The molecule has 10 rings (SSSR count). The molecule has 0 fully saturated rings. The lowest BCUT2D eigenvalue weighted by Gasteiger charge is -2.26. The second kappa shape index (κ2) is 38.8. The lowest BCUT2D eigenvalue weighted by atomic mass is 9.88. The van der Waals surface area contributed by atoms with Crippen LogP contribution in [0.2, 0.25) is 0 Å². The molecule has 9 N–H and O–H groups in total. The number of urea groups is 1. The predicted molar refractivity (Wildman–Crippen MR) is 406 cm³/mol. The molecule has 22 heteroatoms. The van der Waals surface area contributed by atoms with Crippen LogP contribution in [0.1, 0.15) is 148 Å². The fraction of sp³-hybridized carbons (Fsp3) is 0.393. The van der Waals surface area contributed by atoms with Crippen LogP contribution in [0.3, 0.4) is 0 Å². The van der Waals surface area contributed by atoms with Crippen molar-refractivity contribution in [1.82, 2.24) is 31.1 Å². The van der Waals surface area contributed by atoms with E-state index in [1.807, 2.05) is 72.8 Å². The van der Waals surface area contributed by atoms with Crippen LogP contribution >= 0.6 is 0 Å². The van der Waals surface area contributed by atoms with Gasteiger partial charge in [-0.05, 0) is 155 Å². The van der Waals surface area contributed by atoms with Crippen molar-refractivity contribution in [2.45, 2.75) is 122 Å². The van der Waals surface area contributed by atoms with E-state index in [2.05, 4.69) is 99.4 Å². The molecule has 7 aromatic rings. The Hall–Kier alpha value is -10.9. The first-order chi connectivity index (χ1) is 51.5. The standard InChI is InChI=1S/C84H99N9O13/c1-55(2)77(91-79(97)58(49-56(3)94)23-16-17-42-88-82(100)104-52-73-67-31-10-4-25-61(67)62-26-5-11-32-68(62)73)76(95)50-59(24-20-43-87-80(86)98)78(96)90-60-39-37-57(38-40-60)51-103-81(99)89-44-22-48-93(84(102)106-54-75-71-35-14-8-29-65(71)66-30-9-15-36-72(66)75)46-19-18-45-92(47-21-41-85)83(101)105-53-74-69-33-12-6-27-63(69)64-28-7-13-34-70(64)74/h4-15,25-40,55,58-59,73-75,77H,16-24,41-54,85H2,1-3H3,(H,88,100)(H,89,99)(H,90,96)(H,91,97)(H3,86,87,98)/t58-,59-,77+/m1/s1. The van der Waals surface area contributed by atoms with Gasteiger partial charge in [0.05, 0.1) is 6.04 Å². The zero-order valence-corrected chi connectivity index (χ0v) is 60.8. The molecule has 0 unspecified atom stereocenters. The second-order valence-corrected chi connectivity index (χ2v) is 27.9. The van der Waals surface area contributed by atoms with Gasteiger partial charge in [0.2, 0.25) is 11.8 Å². The number of amides is 8. The van der Waals surface area contributed by atoms with Gasteiger partial charge in [-0.25, -0.2) is 24.0 Å². The second-order valence-electron chi connectivity index (χ2n) is 27.9. The molecule has 0 spiro atoms. The SMILES string of the molecule is CC(=O)C[C@@H](CCCCNC(=O)OCC1c2ccccc2-c2ccccc21)C(=O)N[C@H](C(=O)C[C@@H](CCCNC(N)=O)C(=O)Nc1ccc(COC(=O)NCCCN(CCCCN(CCCN)C(=O)OCC2c3ccccc3-c3ccccc32)C(=O)OCC2c3ccccc3-c3ccccc32)cc1)C(C)C. The molecule has 3 aliphatic carbocycles. The Balaban J connectivity index is 0.678. The Bertz CT molecular complexity index is 4070. The Morgan fingerprint density at radius 1 is 0.434 bits per heavy atom. The van der Waals surface area contributed by atoms with Gasteiger partial charge in [0.15, 0.2) is 5.78 Å². The molecule has 3 aliphatic rings. The van der Waals surface area contributed by atoms with E-state index in [9.17, 15) is 43.2 Å². The number of carbonyl (C=O) groups is 9. The van der Waals surface area contributed by atoms with Gasteiger partial charge >= 0.3 is 30.4 Å². The highest BCUT2D eigenvalue weighted by Gasteiger charge is 2.35. The minimum atomic E-state index is -0.991. The topological polar surface area (TPSA) is 309 Å². The van der Waals surface area contributed by atoms with Gasteiger partial charge in [0, 0.05) is 93.9 Å². The molecule has 22 nitrogen and oxygen atoms in total. The molecule has 0 radical (unpaired) electrons. The van der Waals surface area contributed by atoms with E-state index >= 15 is 0 Å². The summed E-state index contributed by atoms with van der Waals surface area (Å²) < 4.78 is 23.4. The van der Waals surface area contributed by atoms with Crippen molar-refractivity contribution in [3.63, 3.8) is 0 Å². The summed E-state index contributed by atoms with van der Waals surface area (Å²) in [5.41, 5.74) is 25.7. The fourth-order valence-electron chi connectivity index (χ4n) is 14.6. The number of alkyl carbamates (subject to hydrolysis) is 2. The van der Waals surface area contributed by atoms with Gasteiger partial charge in [-0.3, -0.25) is 14.4 Å². The highest BCUT2D eigenvalue weighted by Crippen LogP contribution is 2.47. The molecule has 3 atom stereocenters. The number of nitrogens with one attached hydrogen (secondary N) is 5. The average Bonchev–Trinajstić information content (AvgIpc) is 1.63. The molecule has 0 aliphatic heterocycles. The number of fused-ring (bicyclic) bond motifs is 9. The van der Waals surface area contributed by atoms with Crippen molar-refractivity contribution in [2.24, 2.45) is 29.2 Å². The van der Waals surface area contributed by atoms with Crippen LogP contribution in [-0.4, -0.2) is 142 Å². The van der Waals surface area contributed by atoms with Crippen molar-refractivity contribution in [3.8, 4) is 33.4 Å². The van der Waals surface area contributed by atoms with Gasteiger partial charge < -0.3 is 71.6 Å². The largest absolute Gasteiger partial charge is 0.449 e. The highest BCUT2D eigenvalue weighted by molar-refractivity contribution is 5.98. The number of hydrogen-bond donors (Lipinski definition) is 7. The van der Waals surface area contributed by atoms with E-state index in [4.69, 9.17) is 30.4 Å². The number of carbonyl (C=O) groups excluding carboxylic acids is 9. The Kier molecular flexibility index (Phi) is 28.4. The number of ether oxygens (including phenoxy) is 4. The first-order valence-electron chi connectivity index (χ1n) is 37.1. The zero-order chi connectivity index (χ0) is 74.9. The van der Waals surface area contributed by atoms with E-state index in [-0.39, 0.29) is 107 Å². The lowest BCUT2D eigenvalue weighted by molar-refractivity contribution is -0.134. The number of rotatable bonds is 39. The van der Waals surface area contributed by atoms with Crippen LogP contribution < -0.4 is 38.1 Å². The van der Waals surface area contributed by atoms with Crippen molar-refractivity contribution >= 4 is 59.5 Å². The molecule has 106 heavy (non-hydrogen) atoms. The molecule has 0 saturated carbocycles. The van der Waals surface area contributed by atoms with Gasteiger partial charge in [0.1, 0.15) is 32.2 Å². The van der Waals surface area contributed by atoms with Crippen LogP contribution in [0.5, 0.6) is 0 Å². The summed E-state index contributed by atoms with van der Waals surface area (Å²) in [7, 11) is 0. The third-order valence-corrected chi connectivity index (χ3v) is 20.0. The predicted octanol–water partition coefficient (Wildman–Crippen LogP) is 13.3. The summed E-state index contributed by atoms with van der Waals surface area (Å²) in [5.74, 6) is -3.87. The van der Waals surface area contributed by atoms with E-state index in [0.29, 0.717) is 88.8 Å². The smallest absolute Gasteiger partial charge is 0.409 e. The Morgan fingerprint density at radius 3 is 1.27 bits per heavy atom. The molecule has 558 valence electrons. The number of ketones is 2. The third kappa shape index (κ3) is 21.0. The monoisotopic (exact) mass is 1440 g/mol. The molecular weight excluding hydrogens is 1340 g/mol.